The standard InChI is InChI=1S/C23H31N3O3S/c1-19(13-14-21-9-5-3-6-10-21)24-23(27)20(2)25-15-17-26(18-16-25)30(28,29)22-11-7-4-8-12-22/h3-12,19-20H,13-18H2,1-2H3,(H,24,27)/p+1/t19-,20+/m1/s1. The van der Waals surface area contributed by atoms with Gasteiger partial charge in [0.05, 0.1) is 31.1 Å². The molecule has 2 aromatic rings. The highest BCUT2D eigenvalue weighted by Gasteiger charge is 2.34. The van der Waals surface area contributed by atoms with Gasteiger partial charge in [0.2, 0.25) is 10.0 Å². The van der Waals surface area contributed by atoms with Gasteiger partial charge in [0.25, 0.3) is 5.91 Å². The number of rotatable bonds is 8. The Morgan fingerprint density at radius 2 is 1.57 bits per heavy atom. The molecule has 0 aromatic heterocycles. The molecule has 2 atom stereocenters. The van der Waals surface area contributed by atoms with Crippen molar-refractivity contribution in [2.45, 2.75) is 43.7 Å². The van der Waals surface area contributed by atoms with Crippen LogP contribution in [-0.4, -0.2) is 56.9 Å². The van der Waals surface area contributed by atoms with E-state index in [-0.39, 0.29) is 18.0 Å². The molecule has 1 aliphatic heterocycles. The molecule has 6 nitrogen and oxygen atoms in total. The van der Waals surface area contributed by atoms with Crippen molar-refractivity contribution in [3.8, 4) is 0 Å². The SMILES string of the molecule is C[C@H](CCc1ccccc1)NC(=O)[C@H](C)[NH+]1CCN(S(=O)(=O)c2ccccc2)CC1. The minimum atomic E-state index is -3.46. The number of carbonyl (C=O) groups is 1. The first-order valence-corrected chi connectivity index (χ1v) is 12.1. The number of hydrogen-bond donors (Lipinski definition) is 2. The number of carbonyl (C=O) groups excluding carboxylic acids is 1. The molecular weight excluding hydrogens is 398 g/mol. The Morgan fingerprint density at radius 3 is 2.17 bits per heavy atom. The Labute approximate surface area is 179 Å². The van der Waals surface area contributed by atoms with Crippen LogP contribution in [0.1, 0.15) is 25.8 Å². The number of amides is 1. The number of nitrogens with one attached hydrogen (secondary N) is 2. The highest BCUT2D eigenvalue weighted by Crippen LogP contribution is 2.14. The predicted molar refractivity (Wildman–Crippen MR) is 118 cm³/mol. The lowest BCUT2D eigenvalue weighted by Gasteiger charge is -2.34. The van der Waals surface area contributed by atoms with Gasteiger partial charge in [-0.3, -0.25) is 4.79 Å². The third kappa shape index (κ3) is 5.68. The number of benzene rings is 2. The second-order valence-electron chi connectivity index (χ2n) is 8.03. The Balaban J connectivity index is 1.47. The van der Waals surface area contributed by atoms with Crippen molar-refractivity contribution in [1.29, 1.82) is 0 Å². The van der Waals surface area contributed by atoms with E-state index in [2.05, 4.69) is 17.4 Å². The zero-order valence-corrected chi connectivity index (χ0v) is 18.6. The summed E-state index contributed by atoms with van der Waals surface area (Å²) in [5, 5.41) is 3.12. The van der Waals surface area contributed by atoms with Gasteiger partial charge >= 0.3 is 0 Å². The van der Waals surface area contributed by atoms with Crippen LogP contribution >= 0.6 is 0 Å². The van der Waals surface area contributed by atoms with Crippen molar-refractivity contribution >= 4 is 15.9 Å². The molecule has 0 unspecified atom stereocenters. The first-order chi connectivity index (χ1) is 14.4. The molecule has 1 heterocycles. The molecule has 0 bridgehead atoms. The van der Waals surface area contributed by atoms with Crippen LogP contribution < -0.4 is 10.2 Å². The highest BCUT2D eigenvalue weighted by atomic mass is 32.2. The normalized spacial score (nSPS) is 17.9. The molecule has 2 aromatic carbocycles. The largest absolute Gasteiger partial charge is 0.348 e. The topological polar surface area (TPSA) is 70.9 Å². The van der Waals surface area contributed by atoms with Crippen LogP contribution in [-0.2, 0) is 21.2 Å². The third-order valence-corrected chi connectivity index (χ3v) is 7.76. The molecular formula is C23H32N3O3S+. The van der Waals surface area contributed by atoms with Gasteiger partial charge in [0.1, 0.15) is 0 Å². The van der Waals surface area contributed by atoms with Crippen molar-refractivity contribution in [2.24, 2.45) is 0 Å². The van der Waals surface area contributed by atoms with Crippen LogP contribution in [0.5, 0.6) is 0 Å². The maximum atomic E-state index is 12.8. The second kappa shape index (κ2) is 10.2. The van der Waals surface area contributed by atoms with E-state index in [1.54, 1.807) is 24.3 Å². The first kappa shape index (κ1) is 22.5. The summed E-state index contributed by atoms with van der Waals surface area (Å²) in [6, 6.07) is 18.7. The Hall–Kier alpha value is -2.22. The van der Waals surface area contributed by atoms with Gasteiger partial charge in [0, 0.05) is 6.04 Å². The maximum Gasteiger partial charge on any atom is 0.278 e. The van der Waals surface area contributed by atoms with Gasteiger partial charge in [0.15, 0.2) is 6.04 Å². The number of aryl methyl sites for hydroxylation is 1. The average Bonchev–Trinajstić information content (AvgIpc) is 2.78. The second-order valence-corrected chi connectivity index (χ2v) is 9.97. The van der Waals surface area contributed by atoms with Gasteiger partial charge in [-0.25, -0.2) is 8.42 Å². The van der Waals surface area contributed by atoms with Gasteiger partial charge in [-0.1, -0.05) is 48.5 Å². The minimum Gasteiger partial charge on any atom is -0.348 e. The molecule has 1 fully saturated rings. The molecule has 2 N–H and O–H groups in total. The van der Waals surface area contributed by atoms with Gasteiger partial charge in [-0.15, -0.1) is 0 Å². The van der Waals surface area contributed by atoms with Crippen molar-refractivity contribution in [3.05, 3.63) is 66.2 Å². The Bertz CT molecular complexity index is 911. The summed E-state index contributed by atoms with van der Waals surface area (Å²) < 4.78 is 27.1. The van der Waals surface area contributed by atoms with E-state index < -0.39 is 10.0 Å². The molecule has 3 rings (SSSR count). The maximum absolute atomic E-state index is 12.8. The van der Waals surface area contributed by atoms with Crippen LogP contribution in [0.2, 0.25) is 0 Å². The lowest BCUT2D eigenvalue weighted by Crippen LogP contribution is -3.19. The fraction of sp³-hybridized carbons (Fsp3) is 0.435. The van der Waals surface area contributed by atoms with Crippen LogP contribution in [0.4, 0.5) is 0 Å². The van der Waals surface area contributed by atoms with E-state index in [4.69, 9.17) is 0 Å². The summed E-state index contributed by atoms with van der Waals surface area (Å²) in [5.74, 6) is 0.0323. The number of nitrogens with zero attached hydrogens (tertiary/aromatic N) is 1. The van der Waals surface area contributed by atoms with E-state index >= 15 is 0 Å². The molecule has 162 valence electrons. The van der Waals surface area contributed by atoms with Crippen molar-refractivity contribution in [3.63, 3.8) is 0 Å². The zero-order valence-electron chi connectivity index (χ0n) is 17.8. The first-order valence-electron chi connectivity index (χ1n) is 10.6. The van der Waals surface area contributed by atoms with Crippen molar-refractivity contribution < 1.29 is 18.1 Å². The van der Waals surface area contributed by atoms with E-state index in [0.29, 0.717) is 31.1 Å². The van der Waals surface area contributed by atoms with E-state index in [1.807, 2.05) is 38.1 Å². The van der Waals surface area contributed by atoms with Crippen LogP contribution in [0.3, 0.4) is 0 Å². The Kier molecular flexibility index (Phi) is 7.64. The lowest BCUT2D eigenvalue weighted by atomic mass is 10.1. The molecule has 1 aliphatic rings. The molecule has 0 radical (unpaired) electrons. The predicted octanol–water partition coefficient (Wildman–Crippen LogP) is 1.10. The molecule has 0 saturated carbocycles. The third-order valence-electron chi connectivity index (χ3n) is 5.85. The minimum absolute atomic E-state index is 0.0323. The van der Waals surface area contributed by atoms with Crippen LogP contribution in [0.25, 0.3) is 0 Å². The Morgan fingerprint density at radius 1 is 1.00 bits per heavy atom. The summed E-state index contributed by atoms with van der Waals surface area (Å²) in [6.45, 7) is 6.06. The number of sulfonamides is 1. The zero-order chi connectivity index (χ0) is 21.6. The summed E-state index contributed by atoms with van der Waals surface area (Å²) in [7, 11) is -3.46. The number of hydrogen-bond acceptors (Lipinski definition) is 3. The summed E-state index contributed by atoms with van der Waals surface area (Å²) in [6.07, 6.45) is 1.82. The fourth-order valence-electron chi connectivity index (χ4n) is 3.84. The molecule has 0 spiro atoms. The molecule has 7 heteroatoms. The number of piperazine rings is 1. The van der Waals surface area contributed by atoms with Crippen LogP contribution in [0, 0.1) is 0 Å². The van der Waals surface area contributed by atoms with Gasteiger partial charge in [-0.05, 0) is 44.4 Å². The summed E-state index contributed by atoms with van der Waals surface area (Å²) in [5.41, 5.74) is 1.27. The lowest BCUT2D eigenvalue weighted by molar-refractivity contribution is -0.917. The summed E-state index contributed by atoms with van der Waals surface area (Å²) >= 11 is 0. The quantitative estimate of drug-likeness (QED) is 0.659. The molecule has 1 amide bonds. The summed E-state index contributed by atoms with van der Waals surface area (Å²) in [4.78, 5) is 14.2. The van der Waals surface area contributed by atoms with Gasteiger partial charge in [-0.2, -0.15) is 4.31 Å². The van der Waals surface area contributed by atoms with Crippen molar-refractivity contribution in [2.75, 3.05) is 26.2 Å². The molecule has 0 aliphatic carbocycles. The van der Waals surface area contributed by atoms with Crippen molar-refractivity contribution in [1.82, 2.24) is 9.62 Å². The van der Waals surface area contributed by atoms with Crippen LogP contribution in [0.15, 0.2) is 65.6 Å². The smallest absolute Gasteiger partial charge is 0.278 e. The van der Waals surface area contributed by atoms with E-state index in [9.17, 15) is 13.2 Å². The fourth-order valence-corrected chi connectivity index (χ4v) is 5.30. The highest BCUT2D eigenvalue weighted by molar-refractivity contribution is 7.89. The van der Waals surface area contributed by atoms with E-state index in [0.717, 1.165) is 17.7 Å². The monoisotopic (exact) mass is 430 g/mol. The molecule has 1 saturated heterocycles. The average molecular weight is 431 g/mol. The molecule has 30 heavy (non-hydrogen) atoms. The van der Waals surface area contributed by atoms with E-state index in [1.165, 1.54) is 9.87 Å². The van der Waals surface area contributed by atoms with Gasteiger partial charge < -0.3 is 10.2 Å². The number of quaternary nitrogens is 1.